The third-order valence-electron chi connectivity index (χ3n) is 5.87. The van der Waals surface area contributed by atoms with Gasteiger partial charge in [-0.05, 0) is 54.4 Å². The number of ether oxygens (including phenoxy) is 1. The summed E-state index contributed by atoms with van der Waals surface area (Å²) in [6, 6.07) is 22.5. The summed E-state index contributed by atoms with van der Waals surface area (Å²) in [5, 5.41) is 2.66. The predicted molar refractivity (Wildman–Crippen MR) is 152 cm³/mol. The smallest absolute Gasteiger partial charge is 0.244 e. The lowest BCUT2D eigenvalue weighted by molar-refractivity contribution is -0.139. The molecule has 8 nitrogen and oxygen atoms in total. The SMILES string of the molecule is CCOc1ccc(N(CC(=O)N(Cc2cccc(Br)c2)C(Cc2ccccc2)C(=O)NC)S(C)(=O)=O)cc1. The summed E-state index contributed by atoms with van der Waals surface area (Å²) < 4.78 is 32.9. The van der Waals surface area contributed by atoms with Crippen LogP contribution in [0.5, 0.6) is 5.75 Å². The van der Waals surface area contributed by atoms with Gasteiger partial charge in [0, 0.05) is 24.5 Å². The van der Waals surface area contributed by atoms with Crippen molar-refractivity contribution in [1.29, 1.82) is 0 Å². The Kier molecular flexibility index (Phi) is 10.3. The minimum absolute atomic E-state index is 0.115. The van der Waals surface area contributed by atoms with Crippen molar-refractivity contribution in [2.45, 2.75) is 25.9 Å². The van der Waals surface area contributed by atoms with Gasteiger partial charge >= 0.3 is 0 Å². The zero-order valence-electron chi connectivity index (χ0n) is 21.6. The van der Waals surface area contributed by atoms with Crippen LogP contribution in [-0.4, -0.2) is 57.6 Å². The molecule has 10 heteroatoms. The molecule has 0 aliphatic heterocycles. The molecule has 1 atom stereocenters. The Labute approximate surface area is 232 Å². The molecule has 0 bridgehead atoms. The largest absolute Gasteiger partial charge is 0.494 e. The Morgan fingerprint density at radius 2 is 1.63 bits per heavy atom. The van der Waals surface area contributed by atoms with Crippen molar-refractivity contribution < 1.29 is 22.7 Å². The minimum atomic E-state index is -3.82. The molecule has 0 saturated heterocycles. The Morgan fingerprint density at radius 3 is 2.21 bits per heavy atom. The van der Waals surface area contributed by atoms with Crippen molar-refractivity contribution in [1.82, 2.24) is 10.2 Å². The summed E-state index contributed by atoms with van der Waals surface area (Å²) in [5.74, 6) is -0.257. The number of benzene rings is 3. The number of anilines is 1. The third-order valence-corrected chi connectivity index (χ3v) is 7.51. The number of carbonyl (C=O) groups excluding carboxylic acids is 2. The van der Waals surface area contributed by atoms with Gasteiger partial charge in [0.05, 0.1) is 18.6 Å². The molecule has 0 aliphatic rings. The van der Waals surface area contributed by atoms with Crippen molar-refractivity contribution >= 4 is 43.5 Å². The minimum Gasteiger partial charge on any atom is -0.494 e. The van der Waals surface area contributed by atoms with Crippen molar-refractivity contribution in [2.75, 3.05) is 30.8 Å². The summed E-state index contributed by atoms with van der Waals surface area (Å²) in [6.45, 7) is 1.97. The van der Waals surface area contributed by atoms with Gasteiger partial charge in [-0.3, -0.25) is 13.9 Å². The molecule has 0 saturated carbocycles. The van der Waals surface area contributed by atoms with E-state index in [1.807, 2.05) is 61.5 Å². The van der Waals surface area contributed by atoms with Gasteiger partial charge in [0.2, 0.25) is 21.8 Å². The highest BCUT2D eigenvalue weighted by molar-refractivity contribution is 9.10. The third kappa shape index (κ3) is 8.06. The van der Waals surface area contributed by atoms with Crippen molar-refractivity contribution in [2.24, 2.45) is 0 Å². The van der Waals surface area contributed by atoms with Gasteiger partial charge in [0.25, 0.3) is 0 Å². The van der Waals surface area contributed by atoms with Gasteiger partial charge in [0.15, 0.2) is 0 Å². The van der Waals surface area contributed by atoms with Gasteiger partial charge in [-0.2, -0.15) is 0 Å². The monoisotopic (exact) mass is 601 g/mol. The highest BCUT2D eigenvalue weighted by Crippen LogP contribution is 2.23. The summed E-state index contributed by atoms with van der Waals surface area (Å²) in [4.78, 5) is 28.4. The summed E-state index contributed by atoms with van der Waals surface area (Å²) >= 11 is 3.46. The van der Waals surface area contributed by atoms with E-state index in [4.69, 9.17) is 4.74 Å². The quantitative estimate of drug-likeness (QED) is 0.338. The van der Waals surface area contributed by atoms with E-state index >= 15 is 0 Å². The lowest BCUT2D eigenvalue weighted by atomic mass is 10.0. The van der Waals surface area contributed by atoms with Crippen LogP contribution in [0.4, 0.5) is 5.69 Å². The first-order valence-corrected chi connectivity index (χ1v) is 14.8. The Hall–Kier alpha value is -3.37. The molecule has 1 N–H and O–H groups in total. The number of carbonyl (C=O) groups is 2. The first-order valence-electron chi connectivity index (χ1n) is 12.1. The zero-order chi connectivity index (χ0) is 27.7. The normalized spacial score (nSPS) is 11.9. The maximum absolute atomic E-state index is 13.9. The fraction of sp³-hybridized carbons (Fsp3) is 0.286. The molecule has 0 aliphatic carbocycles. The van der Waals surface area contributed by atoms with E-state index in [0.29, 0.717) is 18.0 Å². The molecule has 202 valence electrons. The fourth-order valence-corrected chi connectivity index (χ4v) is 5.34. The second kappa shape index (κ2) is 13.4. The molecule has 0 aromatic heterocycles. The number of likely N-dealkylation sites (N-methyl/N-ethyl adjacent to an activating group) is 1. The van der Waals surface area contributed by atoms with Crippen LogP contribution in [-0.2, 0) is 32.6 Å². The van der Waals surface area contributed by atoms with E-state index in [0.717, 1.165) is 26.2 Å². The molecule has 3 aromatic rings. The van der Waals surface area contributed by atoms with Gasteiger partial charge < -0.3 is 15.0 Å². The molecule has 3 rings (SSSR count). The average Bonchev–Trinajstić information content (AvgIpc) is 2.89. The molecule has 1 unspecified atom stereocenters. The molecule has 2 amide bonds. The first-order chi connectivity index (χ1) is 18.1. The highest BCUT2D eigenvalue weighted by atomic mass is 79.9. The molecule has 0 spiro atoms. The zero-order valence-corrected chi connectivity index (χ0v) is 24.0. The topological polar surface area (TPSA) is 96.0 Å². The van der Waals surface area contributed by atoms with E-state index in [9.17, 15) is 18.0 Å². The van der Waals surface area contributed by atoms with Crippen LogP contribution in [0.3, 0.4) is 0 Å². The van der Waals surface area contributed by atoms with Gasteiger partial charge in [-0.1, -0.05) is 58.4 Å². The molecule has 3 aromatic carbocycles. The van der Waals surface area contributed by atoms with E-state index in [1.165, 1.54) is 11.9 Å². The maximum atomic E-state index is 13.9. The Balaban J connectivity index is 2.00. The lowest BCUT2D eigenvalue weighted by Gasteiger charge is -2.33. The van der Waals surface area contributed by atoms with E-state index in [2.05, 4.69) is 21.2 Å². The van der Waals surface area contributed by atoms with E-state index in [1.54, 1.807) is 24.3 Å². The number of halogens is 1. The van der Waals surface area contributed by atoms with Crippen molar-refractivity contribution in [3.63, 3.8) is 0 Å². The predicted octanol–water partition coefficient (Wildman–Crippen LogP) is 4.00. The lowest BCUT2D eigenvalue weighted by Crippen LogP contribution is -2.52. The average molecular weight is 603 g/mol. The molecule has 38 heavy (non-hydrogen) atoms. The van der Waals surface area contributed by atoms with Crippen LogP contribution in [0.1, 0.15) is 18.1 Å². The number of amides is 2. The molecule has 0 heterocycles. The van der Waals surface area contributed by atoms with Gasteiger partial charge in [-0.15, -0.1) is 0 Å². The Bertz CT molecular complexity index is 1330. The van der Waals surface area contributed by atoms with Crippen LogP contribution >= 0.6 is 15.9 Å². The van der Waals surface area contributed by atoms with Crippen LogP contribution in [0.25, 0.3) is 0 Å². The highest BCUT2D eigenvalue weighted by Gasteiger charge is 2.32. The molecule has 0 fully saturated rings. The number of rotatable bonds is 12. The van der Waals surface area contributed by atoms with Crippen LogP contribution in [0, 0.1) is 0 Å². The standard InChI is InChI=1S/C28H32BrN3O5S/c1-4-37-25-15-13-24(14-16-25)32(38(3,35)36)20-27(33)31(19-22-11-8-12-23(29)17-22)26(28(34)30-2)18-21-9-6-5-7-10-21/h5-17,26H,4,18-20H2,1-3H3,(H,30,34). The molecular weight excluding hydrogens is 570 g/mol. The summed E-state index contributed by atoms with van der Waals surface area (Å²) in [7, 11) is -2.31. The maximum Gasteiger partial charge on any atom is 0.244 e. The summed E-state index contributed by atoms with van der Waals surface area (Å²) in [5.41, 5.74) is 1.99. The number of nitrogens with one attached hydrogen (secondary N) is 1. The van der Waals surface area contributed by atoms with Crippen molar-refractivity contribution in [3.05, 3.63) is 94.5 Å². The van der Waals surface area contributed by atoms with Crippen molar-refractivity contribution in [3.8, 4) is 5.75 Å². The van der Waals surface area contributed by atoms with E-state index < -0.39 is 28.5 Å². The summed E-state index contributed by atoms with van der Waals surface area (Å²) in [6.07, 6.45) is 1.32. The second-order valence-electron chi connectivity index (χ2n) is 8.67. The molecular formula is C28H32BrN3O5S. The number of hydrogen-bond donors (Lipinski definition) is 1. The fourth-order valence-electron chi connectivity index (χ4n) is 4.04. The van der Waals surface area contributed by atoms with Gasteiger partial charge in [-0.25, -0.2) is 8.42 Å². The second-order valence-corrected chi connectivity index (χ2v) is 11.5. The van der Waals surface area contributed by atoms with Crippen LogP contribution in [0.15, 0.2) is 83.3 Å². The van der Waals surface area contributed by atoms with E-state index in [-0.39, 0.29) is 18.9 Å². The van der Waals surface area contributed by atoms with Gasteiger partial charge in [0.1, 0.15) is 18.3 Å². The van der Waals surface area contributed by atoms with Crippen LogP contribution < -0.4 is 14.4 Å². The number of hydrogen-bond acceptors (Lipinski definition) is 5. The number of nitrogens with zero attached hydrogens (tertiary/aromatic N) is 2. The Morgan fingerprint density at radius 1 is 0.974 bits per heavy atom. The van der Waals surface area contributed by atoms with Crippen LogP contribution in [0.2, 0.25) is 0 Å². The number of sulfonamides is 1. The molecule has 0 radical (unpaired) electrons. The first kappa shape index (κ1) is 29.2.